The molecule has 0 bridgehead atoms. The Hall–Kier alpha value is -3.35. The average molecular weight is 615 g/mol. The van der Waals surface area contributed by atoms with Crippen LogP contribution in [0.25, 0.3) is 0 Å². The molecule has 5 rings (SSSR count). The largest absolute Gasteiger partial charge is 0.416 e. The molecule has 41 heavy (non-hydrogen) atoms. The number of nitrogens with one attached hydrogen (secondary N) is 2. The minimum atomic E-state index is -4.61. The van der Waals surface area contributed by atoms with E-state index in [1.807, 2.05) is 48.5 Å². The molecular weight excluding hydrogens is 590 g/mol. The molecule has 2 aromatic heterocycles. The number of thioether (sulfide) groups is 1. The first-order chi connectivity index (χ1) is 19.8. The standard InChI is InChI=1S/C29H25F3N4O2S3/c30-29(31,32)19-13-14-22(21(16-19)25(37)18-8-4-5-9-18)34-27(38)36-28-35-23(17-39-20-10-2-1-3-11-20)26(41-28)40-24-12-6-7-15-33-24/h1-3,6-7,10-16,18H,4-5,8-9,17H2,(H2,34,35,36,38). The highest BCUT2D eigenvalue weighted by atomic mass is 32.2. The van der Waals surface area contributed by atoms with Crippen LogP contribution in [0, 0.1) is 5.92 Å². The first-order valence-electron chi connectivity index (χ1n) is 12.9. The van der Waals surface area contributed by atoms with E-state index in [1.54, 1.807) is 18.0 Å². The molecule has 2 aromatic carbocycles. The number of pyridine rings is 1. The van der Waals surface area contributed by atoms with Gasteiger partial charge in [-0.15, -0.1) is 11.8 Å². The summed E-state index contributed by atoms with van der Waals surface area (Å²) >= 11 is 4.32. The van der Waals surface area contributed by atoms with Gasteiger partial charge in [0.2, 0.25) is 0 Å². The number of halogens is 3. The summed E-state index contributed by atoms with van der Waals surface area (Å²) in [5.41, 5.74) is -0.262. The van der Waals surface area contributed by atoms with Crippen molar-refractivity contribution in [2.24, 2.45) is 5.92 Å². The summed E-state index contributed by atoms with van der Waals surface area (Å²) < 4.78 is 41.2. The summed E-state index contributed by atoms with van der Waals surface area (Å²) in [4.78, 5) is 36.2. The number of urea groups is 1. The van der Waals surface area contributed by atoms with Crippen molar-refractivity contribution in [2.75, 3.05) is 10.6 Å². The third-order valence-electron chi connectivity index (χ3n) is 6.42. The van der Waals surface area contributed by atoms with Gasteiger partial charge >= 0.3 is 12.2 Å². The number of hydrogen-bond acceptors (Lipinski definition) is 7. The van der Waals surface area contributed by atoms with Gasteiger partial charge in [0.05, 0.1) is 21.2 Å². The fourth-order valence-electron chi connectivity index (χ4n) is 4.43. The first kappa shape index (κ1) is 29.2. The van der Waals surface area contributed by atoms with Crippen LogP contribution in [0.2, 0.25) is 0 Å². The van der Waals surface area contributed by atoms with Crippen LogP contribution in [-0.4, -0.2) is 21.8 Å². The second-order valence-electron chi connectivity index (χ2n) is 9.31. The Balaban J connectivity index is 1.35. The zero-order chi connectivity index (χ0) is 28.8. The van der Waals surface area contributed by atoms with Crippen molar-refractivity contribution >= 4 is 57.5 Å². The molecule has 1 aliphatic carbocycles. The second kappa shape index (κ2) is 13.1. The number of rotatable bonds is 9. The van der Waals surface area contributed by atoms with Gasteiger partial charge in [-0.2, -0.15) is 13.2 Å². The Morgan fingerprint density at radius 3 is 2.44 bits per heavy atom. The molecule has 12 heteroatoms. The summed E-state index contributed by atoms with van der Waals surface area (Å²) in [5.74, 6) is -0.179. The van der Waals surface area contributed by atoms with Gasteiger partial charge < -0.3 is 5.32 Å². The topological polar surface area (TPSA) is 84.0 Å². The predicted octanol–water partition coefficient (Wildman–Crippen LogP) is 9.02. The van der Waals surface area contributed by atoms with Crippen LogP contribution in [0.15, 0.2) is 87.1 Å². The normalized spacial score (nSPS) is 13.7. The third kappa shape index (κ3) is 7.69. The molecule has 2 N–H and O–H groups in total. The number of carbonyl (C=O) groups is 2. The smallest absolute Gasteiger partial charge is 0.307 e. The maximum atomic E-state index is 13.4. The molecule has 1 aliphatic rings. The quantitative estimate of drug-likeness (QED) is 0.145. The van der Waals surface area contributed by atoms with Crippen LogP contribution in [0.4, 0.5) is 28.8 Å². The number of benzene rings is 2. The number of hydrogen-bond donors (Lipinski definition) is 2. The van der Waals surface area contributed by atoms with Gasteiger partial charge in [0.15, 0.2) is 10.9 Å². The van der Waals surface area contributed by atoms with E-state index >= 15 is 0 Å². The van der Waals surface area contributed by atoms with Crippen LogP contribution in [-0.2, 0) is 11.9 Å². The number of nitrogens with zero attached hydrogens (tertiary/aromatic N) is 2. The summed E-state index contributed by atoms with van der Waals surface area (Å²) in [5, 5.41) is 6.37. The van der Waals surface area contributed by atoms with Crippen LogP contribution >= 0.6 is 34.9 Å². The monoisotopic (exact) mass is 614 g/mol. The lowest BCUT2D eigenvalue weighted by Crippen LogP contribution is -2.23. The molecule has 0 saturated heterocycles. The highest BCUT2D eigenvalue weighted by Gasteiger charge is 2.33. The molecule has 0 radical (unpaired) electrons. The van der Waals surface area contributed by atoms with Gasteiger partial charge in [-0.1, -0.05) is 60.2 Å². The van der Waals surface area contributed by atoms with Gasteiger partial charge in [0, 0.05) is 28.3 Å². The van der Waals surface area contributed by atoms with Crippen molar-refractivity contribution in [3.05, 3.63) is 89.7 Å². The van der Waals surface area contributed by atoms with Gasteiger partial charge in [-0.3, -0.25) is 10.1 Å². The van der Waals surface area contributed by atoms with Gasteiger partial charge in [0.1, 0.15) is 5.03 Å². The van der Waals surface area contributed by atoms with Crippen LogP contribution < -0.4 is 10.6 Å². The van der Waals surface area contributed by atoms with E-state index in [2.05, 4.69) is 20.6 Å². The summed E-state index contributed by atoms with van der Waals surface area (Å²) in [6.07, 6.45) is 0.0462. The van der Waals surface area contributed by atoms with E-state index in [0.29, 0.717) is 23.7 Å². The second-order valence-corrected chi connectivity index (χ2v) is 12.6. The molecule has 1 fully saturated rings. The predicted molar refractivity (Wildman–Crippen MR) is 157 cm³/mol. The van der Waals surface area contributed by atoms with Crippen LogP contribution in [0.1, 0.15) is 47.3 Å². The van der Waals surface area contributed by atoms with E-state index in [1.165, 1.54) is 23.1 Å². The molecule has 0 spiro atoms. The Labute approximate surface area is 247 Å². The fourth-order valence-corrected chi connectivity index (χ4v) is 7.53. The van der Waals surface area contributed by atoms with Crippen LogP contribution in [0.5, 0.6) is 0 Å². The lowest BCUT2D eigenvalue weighted by atomic mass is 9.93. The fraction of sp³-hybridized carbons (Fsp3) is 0.241. The number of thiazole rings is 1. The van der Waals surface area contributed by atoms with Gasteiger partial charge in [-0.05, 0) is 55.3 Å². The number of alkyl halides is 3. The molecule has 212 valence electrons. The van der Waals surface area contributed by atoms with Crippen molar-refractivity contribution in [3.8, 4) is 0 Å². The highest BCUT2D eigenvalue weighted by Crippen LogP contribution is 2.39. The van der Waals surface area contributed by atoms with E-state index in [-0.39, 0.29) is 23.0 Å². The molecule has 6 nitrogen and oxygen atoms in total. The summed E-state index contributed by atoms with van der Waals surface area (Å²) in [6.45, 7) is 0. The van der Waals surface area contributed by atoms with Gasteiger partial charge in [0.25, 0.3) is 0 Å². The Kier molecular flexibility index (Phi) is 9.31. The number of anilines is 2. The molecule has 0 atom stereocenters. The molecule has 4 aromatic rings. The minimum absolute atomic E-state index is 0.0342. The van der Waals surface area contributed by atoms with Crippen molar-refractivity contribution in [1.29, 1.82) is 0 Å². The zero-order valence-corrected chi connectivity index (χ0v) is 24.1. The molecular formula is C29H25F3N4O2S3. The maximum Gasteiger partial charge on any atom is 0.416 e. The lowest BCUT2D eigenvalue weighted by molar-refractivity contribution is -0.137. The maximum absolute atomic E-state index is 13.4. The number of Topliss-reactive ketones (excluding diaryl/α,β-unsaturated/α-hetero) is 1. The number of aromatic nitrogens is 2. The molecule has 0 aliphatic heterocycles. The highest BCUT2D eigenvalue weighted by molar-refractivity contribution is 8.01. The number of carbonyl (C=O) groups excluding carboxylic acids is 2. The van der Waals surface area contributed by atoms with Gasteiger partial charge in [-0.25, -0.2) is 14.8 Å². The molecule has 1 saturated carbocycles. The minimum Gasteiger partial charge on any atom is -0.307 e. The Morgan fingerprint density at radius 2 is 1.73 bits per heavy atom. The summed E-state index contributed by atoms with van der Waals surface area (Å²) in [7, 11) is 0. The van der Waals surface area contributed by atoms with Crippen molar-refractivity contribution in [1.82, 2.24) is 9.97 Å². The Bertz CT molecular complexity index is 1510. The third-order valence-corrected chi connectivity index (χ3v) is 9.62. The van der Waals surface area contributed by atoms with Crippen molar-refractivity contribution < 1.29 is 22.8 Å². The SMILES string of the molecule is O=C(Nc1nc(CSc2ccccc2)c(Sc2ccccn2)s1)Nc1ccc(C(F)(F)F)cc1C(=O)C1CCCC1. The van der Waals surface area contributed by atoms with Crippen molar-refractivity contribution in [2.45, 2.75) is 51.7 Å². The molecule has 2 amide bonds. The van der Waals surface area contributed by atoms with E-state index in [0.717, 1.165) is 50.9 Å². The lowest BCUT2D eigenvalue weighted by Gasteiger charge is -2.16. The average Bonchev–Trinajstić information content (AvgIpc) is 3.63. The van der Waals surface area contributed by atoms with E-state index in [4.69, 9.17) is 0 Å². The molecule has 0 unspecified atom stereocenters. The van der Waals surface area contributed by atoms with Crippen molar-refractivity contribution in [3.63, 3.8) is 0 Å². The van der Waals surface area contributed by atoms with E-state index in [9.17, 15) is 22.8 Å². The number of amides is 2. The van der Waals surface area contributed by atoms with Crippen LogP contribution in [0.3, 0.4) is 0 Å². The molecule has 2 heterocycles. The first-order valence-corrected chi connectivity index (χ1v) is 15.5. The Morgan fingerprint density at radius 1 is 0.976 bits per heavy atom. The number of ketones is 1. The van der Waals surface area contributed by atoms with E-state index < -0.39 is 17.8 Å². The summed E-state index contributed by atoms with van der Waals surface area (Å²) in [6, 6.07) is 17.6. The zero-order valence-electron chi connectivity index (χ0n) is 21.6.